The van der Waals surface area contributed by atoms with Crippen LogP contribution >= 0.6 is 7.14 Å². The van der Waals surface area contributed by atoms with Crippen LogP contribution in [0, 0.1) is 5.41 Å². The Morgan fingerprint density at radius 3 is 2.30 bits per heavy atom. The van der Waals surface area contributed by atoms with Crippen molar-refractivity contribution in [2.75, 3.05) is 62.2 Å². The zero-order valence-corrected chi connectivity index (χ0v) is 22.7. The van der Waals surface area contributed by atoms with Crippen LogP contribution in [0.25, 0.3) is 0 Å². The lowest BCUT2D eigenvalue weighted by Gasteiger charge is -2.45. The first-order valence-corrected chi connectivity index (χ1v) is 15.5. The van der Waals surface area contributed by atoms with Gasteiger partial charge < -0.3 is 30.2 Å². The van der Waals surface area contributed by atoms with E-state index >= 15 is 0 Å². The van der Waals surface area contributed by atoms with Crippen molar-refractivity contribution >= 4 is 41.4 Å². The van der Waals surface area contributed by atoms with Gasteiger partial charge in [0.15, 0.2) is 0 Å². The molecule has 2 aromatic carbocycles. The number of rotatable bonds is 7. The number of para-hydroxylation sites is 1. The van der Waals surface area contributed by atoms with Crippen LogP contribution in [0.2, 0.25) is 0 Å². The van der Waals surface area contributed by atoms with Gasteiger partial charge in [0.25, 0.3) is 0 Å². The van der Waals surface area contributed by atoms with Crippen molar-refractivity contribution in [2.24, 2.45) is 5.41 Å². The van der Waals surface area contributed by atoms with Crippen molar-refractivity contribution in [3.63, 3.8) is 0 Å². The van der Waals surface area contributed by atoms with E-state index in [0.29, 0.717) is 17.3 Å². The Kier molecular flexibility index (Phi) is 7.36. The van der Waals surface area contributed by atoms with Gasteiger partial charge in [0.05, 0.1) is 18.5 Å². The van der Waals surface area contributed by atoms with E-state index in [0.717, 1.165) is 48.6 Å². The summed E-state index contributed by atoms with van der Waals surface area (Å²) in [6.45, 7) is 7.93. The zero-order chi connectivity index (χ0) is 25.9. The average molecular weight is 522 g/mol. The van der Waals surface area contributed by atoms with E-state index < -0.39 is 7.14 Å². The van der Waals surface area contributed by atoms with Crippen molar-refractivity contribution in [1.82, 2.24) is 20.3 Å². The summed E-state index contributed by atoms with van der Waals surface area (Å²) in [5.41, 5.74) is 3.19. The average Bonchev–Trinajstić information content (AvgIpc) is 2.90. The summed E-state index contributed by atoms with van der Waals surface area (Å²) < 4.78 is 18.4. The van der Waals surface area contributed by atoms with Crippen LogP contribution in [0.15, 0.2) is 48.8 Å². The summed E-state index contributed by atoms with van der Waals surface area (Å²) in [5.74, 6) is 1.50. The molecule has 2 aliphatic rings. The number of piperidine rings is 2. The molecule has 5 rings (SSSR count). The van der Waals surface area contributed by atoms with E-state index in [1.807, 2.05) is 30.3 Å². The molecule has 3 N–H and O–H groups in total. The molecule has 3 heterocycles. The van der Waals surface area contributed by atoms with Crippen molar-refractivity contribution < 1.29 is 9.30 Å². The predicted molar refractivity (Wildman–Crippen MR) is 151 cm³/mol. The molecule has 3 aromatic rings. The first kappa shape index (κ1) is 25.5. The largest absolute Gasteiger partial charge is 0.494 e. The molecule has 0 radical (unpaired) electrons. The van der Waals surface area contributed by atoms with Gasteiger partial charge in [0.2, 0.25) is 11.9 Å². The summed E-state index contributed by atoms with van der Waals surface area (Å²) in [5, 5.41) is 10.7. The van der Waals surface area contributed by atoms with Crippen LogP contribution in [0.1, 0.15) is 25.7 Å². The molecule has 37 heavy (non-hydrogen) atoms. The summed E-state index contributed by atoms with van der Waals surface area (Å²) in [4.78, 5) is 15.5. The smallest absolute Gasteiger partial charge is 0.232 e. The highest BCUT2D eigenvalue weighted by Crippen LogP contribution is 2.42. The van der Waals surface area contributed by atoms with Crippen LogP contribution in [0.5, 0.6) is 5.75 Å². The highest BCUT2D eigenvalue weighted by molar-refractivity contribution is 7.70. The molecule has 2 aliphatic heterocycles. The van der Waals surface area contributed by atoms with Gasteiger partial charge in [-0.15, -0.1) is 0 Å². The fourth-order valence-corrected chi connectivity index (χ4v) is 6.54. The minimum atomic E-state index is -2.47. The number of hydrogen-bond acceptors (Lipinski definition) is 9. The number of methoxy groups -OCH3 is 1. The number of nitrogens with one attached hydrogen (secondary N) is 3. The second kappa shape index (κ2) is 10.7. The molecule has 1 aromatic heterocycles. The van der Waals surface area contributed by atoms with Crippen LogP contribution < -0.4 is 30.9 Å². The molecular weight excluding hydrogens is 485 g/mol. The molecule has 9 nitrogen and oxygen atoms in total. The Hall–Kier alpha value is -3.16. The number of aromatic nitrogens is 3. The van der Waals surface area contributed by atoms with Gasteiger partial charge >= 0.3 is 0 Å². The van der Waals surface area contributed by atoms with E-state index in [2.05, 4.69) is 47.9 Å². The van der Waals surface area contributed by atoms with E-state index in [1.54, 1.807) is 20.4 Å². The Morgan fingerprint density at radius 2 is 1.62 bits per heavy atom. The Bertz CT molecular complexity index is 1280. The quantitative estimate of drug-likeness (QED) is 0.385. The lowest BCUT2D eigenvalue weighted by molar-refractivity contribution is 0.155. The van der Waals surface area contributed by atoms with Crippen molar-refractivity contribution in [3.8, 4) is 5.75 Å². The standard InChI is InChI=1S/C27H36N7O2P/c1-36-23-18-20(34-16-12-27(13-17-34)10-14-28-15-11-27)8-9-21(23)31-25-29-19-30-26(33-25)32-22-6-4-5-7-24(22)37(2,3)35/h4-9,18-19,28H,10-17H2,1-3H3,(H2,29,30,31,32,33). The van der Waals surface area contributed by atoms with Crippen LogP contribution in [-0.2, 0) is 4.57 Å². The summed E-state index contributed by atoms with van der Waals surface area (Å²) in [6, 6.07) is 13.7. The van der Waals surface area contributed by atoms with Gasteiger partial charge in [-0.2, -0.15) is 4.98 Å². The lowest BCUT2D eigenvalue weighted by Crippen LogP contribution is -2.45. The van der Waals surface area contributed by atoms with Gasteiger partial charge in [-0.25, -0.2) is 9.97 Å². The monoisotopic (exact) mass is 521 g/mol. The number of ether oxygens (including phenoxy) is 1. The molecule has 0 saturated carbocycles. The maximum atomic E-state index is 12.7. The third kappa shape index (κ3) is 5.89. The first-order chi connectivity index (χ1) is 17.9. The number of anilines is 5. The number of nitrogens with zero attached hydrogens (tertiary/aromatic N) is 4. The molecule has 2 saturated heterocycles. The Labute approximate surface area is 218 Å². The topological polar surface area (TPSA) is 104 Å². The van der Waals surface area contributed by atoms with Gasteiger partial charge in [0.1, 0.15) is 19.2 Å². The second-order valence-corrected chi connectivity index (χ2v) is 13.6. The third-order valence-corrected chi connectivity index (χ3v) is 9.14. The zero-order valence-electron chi connectivity index (χ0n) is 21.8. The summed E-state index contributed by atoms with van der Waals surface area (Å²) >= 11 is 0. The summed E-state index contributed by atoms with van der Waals surface area (Å²) in [6.07, 6.45) is 6.51. The molecule has 10 heteroatoms. The molecular formula is C27H36N7O2P. The van der Waals surface area contributed by atoms with E-state index in [4.69, 9.17) is 4.74 Å². The van der Waals surface area contributed by atoms with Gasteiger partial charge in [-0.1, -0.05) is 12.1 Å². The molecule has 0 atom stereocenters. The number of benzene rings is 2. The molecule has 0 bridgehead atoms. The Morgan fingerprint density at radius 1 is 0.946 bits per heavy atom. The van der Waals surface area contributed by atoms with Crippen LogP contribution in [-0.4, -0.2) is 61.6 Å². The van der Waals surface area contributed by atoms with E-state index in [1.165, 1.54) is 37.7 Å². The highest BCUT2D eigenvalue weighted by atomic mass is 31.2. The molecule has 0 unspecified atom stereocenters. The highest BCUT2D eigenvalue weighted by Gasteiger charge is 2.35. The van der Waals surface area contributed by atoms with Gasteiger partial charge in [0, 0.05) is 30.1 Å². The molecule has 2 fully saturated rings. The molecule has 196 valence electrons. The maximum absolute atomic E-state index is 12.7. The van der Waals surface area contributed by atoms with E-state index in [9.17, 15) is 4.57 Å². The van der Waals surface area contributed by atoms with Crippen molar-refractivity contribution in [1.29, 1.82) is 0 Å². The van der Waals surface area contributed by atoms with Gasteiger partial charge in [-0.3, -0.25) is 0 Å². The SMILES string of the molecule is COc1cc(N2CCC3(CCNCC3)CC2)ccc1Nc1ncnc(Nc2ccccc2P(C)(C)=O)n1. The second-order valence-electron chi connectivity index (χ2n) is 10.4. The lowest BCUT2D eigenvalue weighted by atomic mass is 9.71. The fraction of sp³-hybridized carbons (Fsp3) is 0.444. The van der Waals surface area contributed by atoms with Crippen molar-refractivity contribution in [2.45, 2.75) is 25.7 Å². The fourth-order valence-electron chi connectivity index (χ4n) is 5.38. The minimum Gasteiger partial charge on any atom is -0.494 e. The number of hydrogen-bond donors (Lipinski definition) is 3. The maximum Gasteiger partial charge on any atom is 0.232 e. The van der Waals surface area contributed by atoms with Gasteiger partial charge in [-0.05, 0) is 81.8 Å². The normalized spacial score (nSPS) is 17.4. The van der Waals surface area contributed by atoms with Crippen molar-refractivity contribution in [3.05, 3.63) is 48.8 Å². The molecule has 0 aliphatic carbocycles. The molecule has 1 spiro atoms. The van der Waals surface area contributed by atoms with E-state index in [-0.39, 0.29) is 0 Å². The van der Waals surface area contributed by atoms with Crippen LogP contribution in [0.3, 0.4) is 0 Å². The minimum absolute atomic E-state index is 0.370. The predicted octanol–water partition coefficient (Wildman–Crippen LogP) is 4.59. The third-order valence-electron chi connectivity index (χ3n) is 7.59. The Balaban J connectivity index is 1.29. The summed E-state index contributed by atoms with van der Waals surface area (Å²) in [7, 11) is -0.793. The van der Waals surface area contributed by atoms with Crippen LogP contribution in [0.4, 0.5) is 29.0 Å². The first-order valence-electron chi connectivity index (χ1n) is 12.9. The molecule has 0 amide bonds.